The van der Waals surface area contributed by atoms with Crippen molar-refractivity contribution >= 4 is 11.6 Å². The smallest absolute Gasteiger partial charge is 0.0481 e. The Labute approximate surface area is 55.2 Å². The summed E-state index contributed by atoms with van der Waals surface area (Å²) in [5.74, 6) is 0.951. The van der Waals surface area contributed by atoms with Gasteiger partial charge in [-0.3, -0.25) is 0 Å². The quantitative estimate of drug-likeness (QED) is 0.441. The van der Waals surface area contributed by atoms with Gasteiger partial charge in [0.2, 0.25) is 0 Å². The van der Waals surface area contributed by atoms with Crippen molar-refractivity contribution in [3.05, 3.63) is 6.42 Å². The molecule has 0 nitrogen and oxygen atoms in total. The summed E-state index contributed by atoms with van der Waals surface area (Å²) in [6.45, 7) is 0. The third-order valence-corrected chi connectivity index (χ3v) is 2.91. The van der Waals surface area contributed by atoms with E-state index in [4.69, 9.17) is 11.6 Å². The normalized spacial score (nSPS) is 52.9. The van der Waals surface area contributed by atoms with Crippen LogP contribution in [0.2, 0.25) is 0 Å². The summed E-state index contributed by atoms with van der Waals surface area (Å²) in [5.41, 5.74) is 0. The molecule has 0 aliphatic heterocycles. The van der Waals surface area contributed by atoms with Crippen molar-refractivity contribution in [2.45, 2.75) is 30.6 Å². The molecule has 2 fully saturated rings. The monoisotopic (exact) mass is 129 g/mol. The highest BCUT2D eigenvalue weighted by Crippen LogP contribution is 2.50. The Morgan fingerprint density at radius 3 is 2.62 bits per heavy atom. The second kappa shape index (κ2) is 1.41. The van der Waals surface area contributed by atoms with Crippen LogP contribution in [0.15, 0.2) is 0 Å². The van der Waals surface area contributed by atoms with Gasteiger partial charge in [-0.05, 0) is 38.0 Å². The van der Waals surface area contributed by atoms with Gasteiger partial charge in [0, 0.05) is 4.87 Å². The maximum atomic E-state index is 6.14. The number of hydrogen-bond donors (Lipinski definition) is 0. The van der Waals surface area contributed by atoms with E-state index >= 15 is 0 Å². The van der Waals surface area contributed by atoms with Crippen molar-refractivity contribution in [1.29, 1.82) is 0 Å². The number of fused-ring (bicyclic) bond motifs is 2. The van der Waals surface area contributed by atoms with Crippen LogP contribution < -0.4 is 0 Å². The van der Waals surface area contributed by atoms with Gasteiger partial charge in [0.15, 0.2) is 0 Å². The minimum Gasteiger partial charge on any atom is -0.119 e. The molecule has 2 unspecified atom stereocenters. The zero-order valence-corrected chi connectivity index (χ0v) is 5.62. The topological polar surface area (TPSA) is 0 Å². The summed E-state index contributed by atoms with van der Waals surface area (Å²) in [4.78, 5) is 0.157. The lowest BCUT2D eigenvalue weighted by Gasteiger charge is -2.15. The van der Waals surface area contributed by atoms with Crippen LogP contribution >= 0.6 is 11.6 Å². The second-order valence-corrected chi connectivity index (χ2v) is 3.84. The van der Waals surface area contributed by atoms with Crippen LogP contribution in [0, 0.1) is 12.3 Å². The van der Waals surface area contributed by atoms with Crippen molar-refractivity contribution in [2.75, 3.05) is 0 Å². The Bertz CT molecular complexity index is 101. The molecule has 2 atom stereocenters. The van der Waals surface area contributed by atoms with E-state index < -0.39 is 0 Å². The second-order valence-electron chi connectivity index (χ2n) is 3.08. The molecule has 2 aliphatic rings. The van der Waals surface area contributed by atoms with Gasteiger partial charge >= 0.3 is 0 Å². The molecule has 0 saturated heterocycles. The van der Waals surface area contributed by atoms with Crippen molar-refractivity contribution in [3.8, 4) is 0 Å². The molecule has 0 aromatic heterocycles. The predicted molar refractivity (Wildman–Crippen MR) is 34.8 cm³/mol. The van der Waals surface area contributed by atoms with E-state index in [0.29, 0.717) is 0 Å². The summed E-state index contributed by atoms with van der Waals surface area (Å²) in [6.07, 6.45) is 7.44. The number of alkyl halides is 1. The first kappa shape index (κ1) is 5.10. The Morgan fingerprint density at radius 1 is 1.62 bits per heavy atom. The van der Waals surface area contributed by atoms with Gasteiger partial charge < -0.3 is 0 Å². The standard InChI is InChI=1S/C7H10Cl/c8-7-3-1-6(5-7)2-4-7/h3,6H,1-2,4-5H2. The Balaban J connectivity index is 2.19. The van der Waals surface area contributed by atoms with Crippen molar-refractivity contribution in [2.24, 2.45) is 5.92 Å². The van der Waals surface area contributed by atoms with E-state index in [-0.39, 0.29) is 4.87 Å². The first-order valence-corrected chi connectivity index (χ1v) is 3.70. The summed E-state index contributed by atoms with van der Waals surface area (Å²) >= 11 is 6.14. The van der Waals surface area contributed by atoms with Gasteiger partial charge in [-0.15, -0.1) is 11.6 Å². The molecule has 0 heterocycles. The van der Waals surface area contributed by atoms with Crippen LogP contribution in [0.3, 0.4) is 0 Å². The Hall–Kier alpha value is 0.290. The first-order chi connectivity index (χ1) is 3.79. The van der Waals surface area contributed by atoms with Crippen molar-refractivity contribution in [3.63, 3.8) is 0 Å². The third-order valence-electron chi connectivity index (χ3n) is 2.41. The van der Waals surface area contributed by atoms with Gasteiger partial charge in [0.05, 0.1) is 0 Å². The average Bonchev–Trinajstić information content (AvgIpc) is 2.21. The van der Waals surface area contributed by atoms with Crippen LogP contribution in [0.5, 0.6) is 0 Å². The zero-order chi connectivity index (χ0) is 5.61. The van der Waals surface area contributed by atoms with E-state index in [2.05, 4.69) is 6.42 Å². The van der Waals surface area contributed by atoms with Gasteiger partial charge in [-0.25, -0.2) is 0 Å². The fourth-order valence-corrected chi connectivity index (χ4v) is 2.31. The molecule has 0 N–H and O–H groups in total. The van der Waals surface area contributed by atoms with E-state index in [1.54, 1.807) is 0 Å². The molecule has 1 heteroatoms. The lowest BCUT2D eigenvalue weighted by atomic mass is 10.0. The SMILES string of the molecule is ClC12[CH]CC(CC1)C2. The van der Waals surface area contributed by atoms with E-state index in [9.17, 15) is 0 Å². The maximum Gasteiger partial charge on any atom is 0.0481 e. The van der Waals surface area contributed by atoms with Gasteiger partial charge in [0.25, 0.3) is 0 Å². The molecule has 0 spiro atoms. The first-order valence-electron chi connectivity index (χ1n) is 3.32. The summed E-state index contributed by atoms with van der Waals surface area (Å²) in [7, 11) is 0. The van der Waals surface area contributed by atoms with Crippen LogP contribution in [-0.2, 0) is 0 Å². The summed E-state index contributed by atoms with van der Waals surface area (Å²) < 4.78 is 0. The zero-order valence-electron chi connectivity index (χ0n) is 4.86. The summed E-state index contributed by atoms with van der Waals surface area (Å²) in [5, 5.41) is 0. The van der Waals surface area contributed by atoms with Gasteiger partial charge in [0.1, 0.15) is 0 Å². The molecule has 8 heavy (non-hydrogen) atoms. The maximum absolute atomic E-state index is 6.14. The molecule has 1 radical (unpaired) electrons. The molecule has 2 saturated carbocycles. The molecule has 45 valence electrons. The molecule has 2 bridgehead atoms. The minimum absolute atomic E-state index is 0.157. The highest BCUT2D eigenvalue weighted by atomic mass is 35.5. The Morgan fingerprint density at radius 2 is 2.50 bits per heavy atom. The van der Waals surface area contributed by atoms with Crippen LogP contribution in [0.4, 0.5) is 0 Å². The van der Waals surface area contributed by atoms with Gasteiger partial charge in [-0.1, -0.05) is 0 Å². The Kier molecular flexibility index (Phi) is 0.901. The number of hydrogen-bond acceptors (Lipinski definition) is 0. The molecule has 2 rings (SSSR count). The fourth-order valence-electron chi connectivity index (χ4n) is 1.89. The van der Waals surface area contributed by atoms with E-state index in [0.717, 1.165) is 5.92 Å². The van der Waals surface area contributed by atoms with Crippen LogP contribution in [0.1, 0.15) is 25.7 Å². The molecular weight excluding hydrogens is 120 g/mol. The molecule has 0 aromatic rings. The third kappa shape index (κ3) is 0.589. The highest BCUT2D eigenvalue weighted by molar-refractivity contribution is 6.25. The molecule has 2 aliphatic carbocycles. The predicted octanol–water partition coefficient (Wildman–Crippen LogP) is 2.37. The van der Waals surface area contributed by atoms with Crippen molar-refractivity contribution in [1.82, 2.24) is 0 Å². The minimum atomic E-state index is 0.157. The lowest BCUT2D eigenvalue weighted by molar-refractivity contribution is 0.561. The average molecular weight is 130 g/mol. The summed E-state index contributed by atoms with van der Waals surface area (Å²) in [6, 6.07) is 0. The van der Waals surface area contributed by atoms with Crippen molar-refractivity contribution < 1.29 is 0 Å². The van der Waals surface area contributed by atoms with Crippen LogP contribution in [-0.4, -0.2) is 4.87 Å². The van der Waals surface area contributed by atoms with Gasteiger partial charge in [-0.2, -0.15) is 0 Å². The van der Waals surface area contributed by atoms with E-state index in [1.165, 1.54) is 25.7 Å². The molecule has 0 amide bonds. The highest BCUT2D eigenvalue weighted by Gasteiger charge is 2.43. The molecular formula is C7H10Cl. The molecule has 0 aromatic carbocycles. The number of rotatable bonds is 0. The number of halogens is 1. The van der Waals surface area contributed by atoms with Crippen LogP contribution in [0.25, 0.3) is 0 Å². The fraction of sp³-hybridized carbons (Fsp3) is 0.857. The lowest BCUT2D eigenvalue weighted by Crippen LogP contribution is -2.12. The largest absolute Gasteiger partial charge is 0.119 e. The van der Waals surface area contributed by atoms with E-state index in [1.807, 2.05) is 0 Å².